The molecule has 1 atom stereocenters. The molecule has 0 heterocycles. The lowest BCUT2D eigenvalue weighted by atomic mass is 9.95. The van der Waals surface area contributed by atoms with Crippen LogP contribution in [0, 0.1) is 5.92 Å². The standard InChI is InChI=1S/C14H29N3O/c1-11(2)17(10-12-6-7-12)9-5-4-8-14(3,16)13(15)18/h11-12H,4-10,16H2,1-3H3,(H2,15,18). The van der Waals surface area contributed by atoms with E-state index in [9.17, 15) is 4.79 Å². The van der Waals surface area contributed by atoms with Gasteiger partial charge in [-0.2, -0.15) is 0 Å². The summed E-state index contributed by atoms with van der Waals surface area (Å²) in [6.45, 7) is 8.55. The van der Waals surface area contributed by atoms with Gasteiger partial charge in [0.15, 0.2) is 0 Å². The molecule has 1 rings (SSSR count). The maximum absolute atomic E-state index is 11.1. The van der Waals surface area contributed by atoms with Crippen molar-refractivity contribution >= 4 is 5.91 Å². The van der Waals surface area contributed by atoms with Crippen molar-refractivity contribution in [3.8, 4) is 0 Å². The van der Waals surface area contributed by atoms with Gasteiger partial charge < -0.3 is 16.4 Å². The van der Waals surface area contributed by atoms with Crippen LogP contribution in [0.1, 0.15) is 52.9 Å². The van der Waals surface area contributed by atoms with Crippen LogP contribution in [0.5, 0.6) is 0 Å². The zero-order valence-corrected chi connectivity index (χ0v) is 12.1. The van der Waals surface area contributed by atoms with Crippen molar-refractivity contribution in [2.75, 3.05) is 13.1 Å². The fourth-order valence-electron chi connectivity index (χ4n) is 2.12. The third-order valence-corrected chi connectivity index (χ3v) is 3.87. The largest absolute Gasteiger partial charge is 0.368 e. The quantitative estimate of drug-likeness (QED) is 0.613. The molecule has 1 fully saturated rings. The summed E-state index contributed by atoms with van der Waals surface area (Å²) in [5, 5.41) is 0. The maximum atomic E-state index is 11.1. The summed E-state index contributed by atoms with van der Waals surface area (Å²) in [4.78, 5) is 13.6. The van der Waals surface area contributed by atoms with E-state index in [-0.39, 0.29) is 0 Å². The summed E-state index contributed by atoms with van der Waals surface area (Å²) >= 11 is 0. The molecule has 4 nitrogen and oxygen atoms in total. The Morgan fingerprint density at radius 1 is 1.39 bits per heavy atom. The summed E-state index contributed by atoms with van der Waals surface area (Å²) in [6, 6.07) is 0.603. The number of hydrogen-bond acceptors (Lipinski definition) is 3. The van der Waals surface area contributed by atoms with Crippen LogP contribution in [-0.4, -0.2) is 35.5 Å². The molecule has 4 heteroatoms. The molecule has 1 amide bonds. The van der Waals surface area contributed by atoms with Crippen LogP contribution in [0.4, 0.5) is 0 Å². The number of nitrogens with two attached hydrogens (primary N) is 2. The van der Waals surface area contributed by atoms with Gasteiger partial charge in [-0.05, 0) is 65.3 Å². The Bertz CT molecular complexity index is 272. The SMILES string of the molecule is CC(C)N(CCCCC(C)(N)C(N)=O)CC1CC1. The molecular formula is C14H29N3O. The molecule has 1 aliphatic carbocycles. The second kappa shape index (κ2) is 6.53. The summed E-state index contributed by atoms with van der Waals surface area (Å²) in [5.74, 6) is 0.527. The van der Waals surface area contributed by atoms with Crippen molar-refractivity contribution in [1.29, 1.82) is 0 Å². The van der Waals surface area contributed by atoms with Gasteiger partial charge in [0, 0.05) is 12.6 Å². The van der Waals surface area contributed by atoms with Gasteiger partial charge in [0.1, 0.15) is 0 Å². The lowest BCUT2D eigenvalue weighted by Crippen LogP contribution is -2.49. The molecule has 0 spiro atoms. The Hall–Kier alpha value is -0.610. The number of primary amides is 1. The average molecular weight is 255 g/mol. The smallest absolute Gasteiger partial charge is 0.237 e. The van der Waals surface area contributed by atoms with E-state index >= 15 is 0 Å². The summed E-state index contributed by atoms with van der Waals surface area (Å²) < 4.78 is 0. The van der Waals surface area contributed by atoms with Crippen molar-refractivity contribution in [3.63, 3.8) is 0 Å². The van der Waals surface area contributed by atoms with Crippen LogP contribution in [0.25, 0.3) is 0 Å². The molecule has 18 heavy (non-hydrogen) atoms. The highest BCUT2D eigenvalue weighted by molar-refractivity contribution is 5.83. The van der Waals surface area contributed by atoms with Crippen LogP contribution in [0.2, 0.25) is 0 Å². The predicted molar refractivity (Wildman–Crippen MR) is 75.1 cm³/mol. The van der Waals surface area contributed by atoms with Crippen LogP contribution in [-0.2, 0) is 4.79 Å². The van der Waals surface area contributed by atoms with Crippen LogP contribution < -0.4 is 11.5 Å². The Kier molecular flexibility index (Phi) is 5.60. The molecule has 4 N–H and O–H groups in total. The molecule has 0 saturated heterocycles. The second-order valence-electron chi connectivity index (χ2n) is 6.27. The minimum Gasteiger partial charge on any atom is -0.368 e. The fraction of sp³-hybridized carbons (Fsp3) is 0.929. The third-order valence-electron chi connectivity index (χ3n) is 3.87. The van der Waals surface area contributed by atoms with Gasteiger partial charge in [0.2, 0.25) is 5.91 Å². The molecule has 0 aromatic heterocycles. The molecule has 1 saturated carbocycles. The zero-order chi connectivity index (χ0) is 13.8. The van der Waals surface area contributed by atoms with E-state index in [0.717, 1.165) is 25.3 Å². The first-order valence-electron chi connectivity index (χ1n) is 7.16. The van der Waals surface area contributed by atoms with Crippen molar-refractivity contribution in [1.82, 2.24) is 4.90 Å². The molecule has 0 aliphatic heterocycles. The minimum atomic E-state index is -0.848. The number of hydrogen-bond donors (Lipinski definition) is 2. The maximum Gasteiger partial charge on any atom is 0.237 e. The van der Waals surface area contributed by atoms with E-state index in [1.807, 2.05) is 0 Å². The monoisotopic (exact) mass is 255 g/mol. The molecule has 106 valence electrons. The van der Waals surface area contributed by atoms with Crippen molar-refractivity contribution in [3.05, 3.63) is 0 Å². The number of carbonyl (C=O) groups excluding carboxylic acids is 1. The van der Waals surface area contributed by atoms with Crippen molar-refractivity contribution in [2.45, 2.75) is 64.5 Å². The second-order valence-corrected chi connectivity index (χ2v) is 6.27. The average Bonchev–Trinajstić information content (AvgIpc) is 3.05. The Morgan fingerprint density at radius 2 is 2.00 bits per heavy atom. The first kappa shape index (κ1) is 15.4. The molecule has 0 aromatic carbocycles. The number of unbranched alkanes of at least 4 members (excludes halogenated alkanes) is 1. The van der Waals surface area contributed by atoms with Gasteiger partial charge in [-0.3, -0.25) is 4.79 Å². The molecule has 0 bridgehead atoms. The lowest BCUT2D eigenvalue weighted by Gasteiger charge is -2.27. The van der Waals surface area contributed by atoms with Gasteiger partial charge in [0.05, 0.1) is 5.54 Å². The van der Waals surface area contributed by atoms with E-state index in [4.69, 9.17) is 11.5 Å². The number of rotatable bonds is 9. The van der Waals surface area contributed by atoms with Crippen LogP contribution in [0.15, 0.2) is 0 Å². The van der Waals surface area contributed by atoms with E-state index in [0.29, 0.717) is 12.5 Å². The Labute approximate surface area is 111 Å². The molecule has 0 radical (unpaired) electrons. The highest BCUT2D eigenvalue weighted by Gasteiger charge is 2.26. The van der Waals surface area contributed by atoms with Gasteiger partial charge in [-0.1, -0.05) is 0 Å². The molecule has 1 unspecified atom stereocenters. The van der Waals surface area contributed by atoms with Crippen LogP contribution >= 0.6 is 0 Å². The van der Waals surface area contributed by atoms with Crippen molar-refractivity contribution < 1.29 is 4.79 Å². The predicted octanol–water partition coefficient (Wildman–Crippen LogP) is 1.48. The minimum absolute atomic E-state index is 0.402. The third kappa shape index (κ3) is 5.36. The summed E-state index contributed by atoms with van der Waals surface area (Å²) in [5.41, 5.74) is 10.3. The van der Waals surface area contributed by atoms with Gasteiger partial charge in [-0.25, -0.2) is 0 Å². The number of amides is 1. The molecular weight excluding hydrogens is 226 g/mol. The first-order valence-corrected chi connectivity index (χ1v) is 7.16. The Morgan fingerprint density at radius 3 is 2.44 bits per heavy atom. The van der Waals surface area contributed by atoms with Crippen molar-refractivity contribution in [2.24, 2.45) is 17.4 Å². The highest BCUT2D eigenvalue weighted by atomic mass is 16.1. The summed E-state index contributed by atoms with van der Waals surface area (Å²) in [6.07, 6.45) is 5.52. The number of nitrogens with zero attached hydrogens (tertiary/aromatic N) is 1. The zero-order valence-electron chi connectivity index (χ0n) is 12.1. The van der Waals surface area contributed by atoms with E-state index in [1.54, 1.807) is 6.92 Å². The topological polar surface area (TPSA) is 72.3 Å². The van der Waals surface area contributed by atoms with E-state index in [1.165, 1.54) is 19.4 Å². The number of carbonyl (C=O) groups is 1. The van der Waals surface area contributed by atoms with Gasteiger partial charge >= 0.3 is 0 Å². The Balaban J connectivity index is 2.20. The lowest BCUT2D eigenvalue weighted by molar-refractivity contribution is -0.122. The molecule has 1 aliphatic rings. The highest BCUT2D eigenvalue weighted by Crippen LogP contribution is 2.30. The normalized spacial score (nSPS) is 19.2. The first-order chi connectivity index (χ1) is 8.33. The molecule has 0 aromatic rings. The van der Waals surface area contributed by atoms with Gasteiger partial charge in [-0.15, -0.1) is 0 Å². The van der Waals surface area contributed by atoms with E-state index in [2.05, 4.69) is 18.7 Å². The van der Waals surface area contributed by atoms with Crippen LogP contribution in [0.3, 0.4) is 0 Å². The summed E-state index contributed by atoms with van der Waals surface area (Å²) in [7, 11) is 0. The van der Waals surface area contributed by atoms with E-state index < -0.39 is 11.4 Å². The fourth-order valence-corrected chi connectivity index (χ4v) is 2.12. The van der Waals surface area contributed by atoms with Gasteiger partial charge in [0.25, 0.3) is 0 Å².